The van der Waals surface area contributed by atoms with Crippen molar-refractivity contribution in [2.24, 2.45) is 0 Å². The average molecular weight is 541 g/mol. The van der Waals surface area contributed by atoms with Gasteiger partial charge in [0, 0.05) is 38.0 Å². The number of nitro groups is 1. The van der Waals surface area contributed by atoms with Crippen molar-refractivity contribution < 1.29 is 32.4 Å². The summed E-state index contributed by atoms with van der Waals surface area (Å²) in [6.07, 6.45) is 0.0927. The molecule has 0 spiro atoms. The van der Waals surface area contributed by atoms with Crippen LogP contribution < -0.4 is 5.32 Å². The molecular weight excluding hydrogens is 519 g/mol. The Bertz CT molecular complexity index is 1370. The lowest BCUT2D eigenvalue weighted by molar-refractivity contribution is -0.384. The molecule has 0 bridgehead atoms. The highest BCUT2D eigenvalue weighted by atomic mass is 35.5. The van der Waals surface area contributed by atoms with Crippen LogP contribution in [0.3, 0.4) is 0 Å². The van der Waals surface area contributed by atoms with Crippen LogP contribution in [0.2, 0.25) is 5.02 Å². The Hall–Kier alpha value is -3.55. The van der Waals surface area contributed by atoms with Crippen molar-refractivity contribution in [2.75, 3.05) is 20.1 Å². The van der Waals surface area contributed by atoms with Gasteiger partial charge in [-0.15, -0.1) is 0 Å². The molecule has 11 nitrogen and oxygen atoms in total. The summed E-state index contributed by atoms with van der Waals surface area (Å²) in [6, 6.07) is 6.54. The minimum atomic E-state index is -4.02. The number of halogens is 2. The number of nitrogens with zero attached hydrogens (tertiary/aromatic N) is 3. The molecule has 1 aliphatic heterocycles. The predicted octanol–water partition coefficient (Wildman–Crippen LogP) is 3.52. The van der Waals surface area contributed by atoms with E-state index in [1.54, 1.807) is 0 Å². The Morgan fingerprint density at radius 1 is 1.31 bits per heavy atom. The van der Waals surface area contributed by atoms with Crippen molar-refractivity contribution in [1.82, 2.24) is 14.5 Å². The lowest BCUT2D eigenvalue weighted by atomic mass is 9.93. The van der Waals surface area contributed by atoms with Gasteiger partial charge in [0.25, 0.3) is 5.69 Å². The zero-order valence-corrected chi connectivity index (χ0v) is 20.7. The number of non-ortho nitro benzene ring substituents is 1. The Labute approximate surface area is 211 Å². The van der Waals surface area contributed by atoms with E-state index in [0.29, 0.717) is 0 Å². The van der Waals surface area contributed by atoms with Gasteiger partial charge in [0.2, 0.25) is 10.0 Å². The summed E-state index contributed by atoms with van der Waals surface area (Å²) >= 11 is 5.70. The maximum absolute atomic E-state index is 13.4. The molecule has 0 radical (unpaired) electrons. The van der Waals surface area contributed by atoms with Crippen LogP contribution in [0.15, 0.2) is 58.6 Å². The van der Waals surface area contributed by atoms with Gasteiger partial charge in [-0.2, -0.15) is 0 Å². The quantitative estimate of drug-likeness (QED) is 0.365. The van der Waals surface area contributed by atoms with Gasteiger partial charge in [0.15, 0.2) is 0 Å². The zero-order valence-electron chi connectivity index (χ0n) is 19.1. The number of amides is 2. The molecule has 0 fully saturated rings. The summed E-state index contributed by atoms with van der Waals surface area (Å²) in [5.41, 5.74) is -0.132. The van der Waals surface area contributed by atoms with Crippen LogP contribution in [0.5, 0.6) is 0 Å². The third-order valence-electron chi connectivity index (χ3n) is 5.64. The van der Waals surface area contributed by atoms with E-state index in [0.717, 1.165) is 22.5 Å². The van der Waals surface area contributed by atoms with Gasteiger partial charge in [-0.3, -0.25) is 10.1 Å². The van der Waals surface area contributed by atoms with Crippen molar-refractivity contribution >= 4 is 39.3 Å². The molecule has 2 aromatic rings. The Kier molecular flexibility index (Phi) is 7.96. The summed E-state index contributed by atoms with van der Waals surface area (Å²) in [4.78, 5) is 36.5. The highest BCUT2D eigenvalue weighted by Gasteiger charge is 2.38. The molecule has 1 atom stereocenters. The van der Waals surface area contributed by atoms with E-state index in [-0.39, 0.29) is 51.9 Å². The van der Waals surface area contributed by atoms with Crippen LogP contribution in [0.4, 0.5) is 14.9 Å². The summed E-state index contributed by atoms with van der Waals surface area (Å²) < 4.78 is 40.1. The molecule has 0 aliphatic carbocycles. The normalized spacial score (nSPS) is 16.3. The second-order valence-corrected chi connectivity index (χ2v) is 10.4. The minimum Gasteiger partial charge on any atom is -0.478 e. The number of nitro benzene ring substituents is 1. The molecule has 0 saturated carbocycles. The number of urea groups is 1. The smallest absolute Gasteiger partial charge is 0.335 e. The van der Waals surface area contributed by atoms with E-state index in [4.69, 9.17) is 11.6 Å². The summed E-state index contributed by atoms with van der Waals surface area (Å²) in [7, 11) is -2.72. The number of allylic oxidation sites excluding steroid dienone is 1. The molecule has 192 valence electrons. The van der Waals surface area contributed by atoms with Crippen molar-refractivity contribution in [3.05, 3.63) is 80.3 Å². The maximum Gasteiger partial charge on any atom is 0.335 e. The number of carboxylic acids is 1. The van der Waals surface area contributed by atoms with E-state index in [1.807, 2.05) is 0 Å². The van der Waals surface area contributed by atoms with Crippen molar-refractivity contribution in [3.8, 4) is 0 Å². The van der Waals surface area contributed by atoms with Gasteiger partial charge in [0.1, 0.15) is 5.82 Å². The largest absolute Gasteiger partial charge is 0.478 e. The van der Waals surface area contributed by atoms with Gasteiger partial charge < -0.3 is 15.3 Å². The predicted molar refractivity (Wildman–Crippen MR) is 127 cm³/mol. The molecule has 0 aromatic heterocycles. The van der Waals surface area contributed by atoms with Gasteiger partial charge >= 0.3 is 12.0 Å². The molecule has 2 amide bonds. The van der Waals surface area contributed by atoms with E-state index in [1.165, 1.54) is 43.1 Å². The van der Waals surface area contributed by atoms with Crippen LogP contribution in [0.25, 0.3) is 0 Å². The van der Waals surface area contributed by atoms with Crippen LogP contribution in [-0.2, 0) is 14.8 Å². The first-order chi connectivity index (χ1) is 16.8. The fraction of sp³-hybridized carbons (Fsp3) is 0.273. The number of rotatable bonds is 9. The monoisotopic (exact) mass is 540 g/mol. The Balaban J connectivity index is 1.86. The van der Waals surface area contributed by atoms with Crippen LogP contribution in [0.1, 0.15) is 24.9 Å². The number of carbonyl (C=O) groups excluding carboxylic acids is 1. The maximum atomic E-state index is 13.4. The fourth-order valence-corrected chi connectivity index (χ4v) is 5.32. The highest BCUT2D eigenvalue weighted by molar-refractivity contribution is 7.89. The molecular formula is C22H22ClFN4O7S. The third-order valence-corrected chi connectivity index (χ3v) is 7.79. The third kappa shape index (κ3) is 5.48. The first-order valence-electron chi connectivity index (χ1n) is 10.5. The SMILES string of the molecule is CC1=C(C(=O)O)C(c2cccc([N+](=O)[O-])c2)N(CCCN(C)S(=O)(=O)c2ccc(F)c(Cl)c2)C(=O)N1. The number of carboxylic acid groups (broad SMARTS) is 1. The number of aliphatic carboxylic acids is 1. The summed E-state index contributed by atoms with van der Waals surface area (Å²) in [6.45, 7) is 1.26. The van der Waals surface area contributed by atoms with Crippen LogP contribution >= 0.6 is 11.6 Å². The molecule has 1 aliphatic rings. The summed E-state index contributed by atoms with van der Waals surface area (Å²) in [5, 5.41) is 23.2. The average Bonchev–Trinajstić information content (AvgIpc) is 2.81. The summed E-state index contributed by atoms with van der Waals surface area (Å²) in [5.74, 6) is -2.08. The highest BCUT2D eigenvalue weighted by Crippen LogP contribution is 2.35. The lowest BCUT2D eigenvalue weighted by Crippen LogP contribution is -2.49. The van der Waals surface area contributed by atoms with Gasteiger partial charge in [-0.05, 0) is 37.1 Å². The Morgan fingerprint density at radius 2 is 2.00 bits per heavy atom. The molecule has 2 N–H and O–H groups in total. The van der Waals surface area contributed by atoms with Gasteiger partial charge in [-0.1, -0.05) is 23.7 Å². The first kappa shape index (κ1) is 27.0. The van der Waals surface area contributed by atoms with E-state index in [9.17, 15) is 37.6 Å². The fourth-order valence-electron chi connectivity index (χ4n) is 3.84. The number of carbonyl (C=O) groups is 2. The Morgan fingerprint density at radius 3 is 2.61 bits per heavy atom. The van der Waals surface area contributed by atoms with E-state index in [2.05, 4.69) is 5.32 Å². The molecule has 14 heteroatoms. The van der Waals surface area contributed by atoms with Crippen molar-refractivity contribution in [2.45, 2.75) is 24.3 Å². The minimum absolute atomic E-state index is 0.0755. The lowest BCUT2D eigenvalue weighted by Gasteiger charge is -2.37. The topological polar surface area (TPSA) is 150 Å². The second-order valence-electron chi connectivity index (χ2n) is 7.98. The molecule has 3 rings (SSSR count). The zero-order chi connectivity index (χ0) is 26.8. The van der Waals surface area contributed by atoms with Crippen molar-refractivity contribution in [3.63, 3.8) is 0 Å². The molecule has 2 aromatic carbocycles. The molecule has 1 unspecified atom stereocenters. The van der Waals surface area contributed by atoms with Gasteiger partial charge in [0.05, 0.1) is 26.5 Å². The number of nitrogens with one attached hydrogen (secondary N) is 1. The molecule has 0 saturated heterocycles. The number of hydrogen-bond donors (Lipinski definition) is 2. The van der Waals surface area contributed by atoms with E-state index < -0.39 is 38.8 Å². The van der Waals surface area contributed by atoms with E-state index >= 15 is 0 Å². The standard InChI is InChI=1S/C22H22ClFN4O7S/c1-13-19(21(29)30)20(14-5-3-6-15(11-14)28(32)33)27(22(31)25-13)10-4-9-26(2)36(34,35)16-7-8-18(24)17(23)12-16/h3,5-8,11-12,20H,4,9-10H2,1-2H3,(H,25,31)(H,29,30). The number of benzene rings is 2. The number of hydrogen-bond acceptors (Lipinski definition) is 6. The first-order valence-corrected chi connectivity index (χ1v) is 12.3. The van der Waals surface area contributed by atoms with Crippen molar-refractivity contribution in [1.29, 1.82) is 0 Å². The second kappa shape index (κ2) is 10.6. The van der Waals surface area contributed by atoms with Gasteiger partial charge in [-0.25, -0.2) is 26.7 Å². The molecule has 1 heterocycles. The van der Waals surface area contributed by atoms with Crippen LogP contribution in [-0.4, -0.2) is 59.8 Å². The van der Waals surface area contributed by atoms with Crippen LogP contribution in [0, 0.1) is 15.9 Å². The number of sulfonamides is 1. The molecule has 36 heavy (non-hydrogen) atoms.